The van der Waals surface area contributed by atoms with Gasteiger partial charge < -0.3 is 10.2 Å². The zero-order valence-corrected chi connectivity index (χ0v) is 14.3. The summed E-state index contributed by atoms with van der Waals surface area (Å²) in [6.45, 7) is 14.6. The van der Waals surface area contributed by atoms with Crippen LogP contribution in [0.4, 0.5) is 5.69 Å². The number of nitrogens with zero attached hydrogens (tertiary/aromatic N) is 2. The average Bonchev–Trinajstić information content (AvgIpc) is 2.45. The van der Waals surface area contributed by atoms with E-state index in [0.29, 0.717) is 11.5 Å². The molecule has 0 spiro atoms. The number of piperidine rings is 1. The quantitative estimate of drug-likeness (QED) is 0.912. The lowest BCUT2D eigenvalue weighted by molar-refractivity contribution is 0.199. The van der Waals surface area contributed by atoms with Crippen molar-refractivity contribution in [2.75, 3.05) is 18.0 Å². The van der Waals surface area contributed by atoms with E-state index < -0.39 is 0 Å². The summed E-state index contributed by atoms with van der Waals surface area (Å²) < 4.78 is 0. The molecule has 0 amide bonds. The molecule has 0 unspecified atom stereocenters. The summed E-state index contributed by atoms with van der Waals surface area (Å²) in [4.78, 5) is 6.99. The zero-order chi connectivity index (χ0) is 15.5. The minimum Gasteiger partial charge on any atom is -0.371 e. The fraction of sp³-hybridized carbons (Fsp3) is 0.722. The highest BCUT2D eigenvalue weighted by molar-refractivity contribution is 5.46. The molecule has 3 nitrogen and oxygen atoms in total. The number of hydrogen-bond donors (Lipinski definition) is 1. The van der Waals surface area contributed by atoms with E-state index in [1.165, 1.54) is 31.6 Å². The molecular weight excluding hydrogens is 258 g/mol. The van der Waals surface area contributed by atoms with Crippen molar-refractivity contribution in [3.05, 3.63) is 24.0 Å². The van der Waals surface area contributed by atoms with Gasteiger partial charge in [0.15, 0.2) is 0 Å². The third kappa shape index (κ3) is 4.70. The molecular formula is C18H31N3. The van der Waals surface area contributed by atoms with E-state index in [0.717, 1.165) is 18.2 Å². The Morgan fingerprint density at radius 3 is 2.52 bits per heavy atom. The van der Waals surface area contributed by atoms with Crippen LogP contribution in [-0.4, -0.2) is 24.1 Å². The van der Waals surface area contributed by atoms with Gasteiger partial charge in [-0.05, 0) is 36.3 Å². The second kappa shape index (κ2) is 6.78. The van der Waals surface area contributed by atoms with Crippen molar-refractivity contribution in [1.82, 2.24) is 10.3 Å². The number of rotatable bonds is 4. The highest BCUT2D eigenvalue weighted by Crippen LogP contribution is 2.35. The molecule has 1 N–H and O–H groups in total. The Labute approximate surface area is 130 Å². The molecule has 0 bridgehead atoms. The molecule has 118 valence electrons. The SMILES string of the molecule is CC(C)NCc1cc(N2CCC(C(C)(C)C)CC2)ccn1. The number of pyridine rings is 1. The van der Waals surface area contributed by atoms with E-state index in [1.54, 1.807) is 0 Å². The molecule has 0 aliphatic carbocycles. The molecule has 0 radical (unpaired) electrons. The van der Waals surface area contributed by atoms with Crippen molar-refractivity contribution in [1.29, 1.82) is 0 Å². The maximum Gasteiger partial charge on any atom is 0.0562 e. The maximum atomic E-state index is 4.47. The lowest BCUT2D eigenvalue weighted by atomic mass is 9.75. The van der Waals surface area contributed by atoms with E-state index >= 15 is 0 Å². The standard InChI is InChI=1S/C18H31N3/c1-14(2)20-13-16-12-17(6-9-19-16)21-10-7-15(8-11-21)18(3,4)5/h6,9,12,14-15,20H,7-8,10-11,13H2,1-5H3. The zero-order valence-electron chi connectivity index (χ0n) is 14.3. The second-order valence-corrected chi connectivity index (χ2v) is 7.67. The van der Waals surface area contributed by atoms with Gasteiger partial charge in [-0.1, -0.05) is 34.6 Å². The van der Waals surface area contributed by atoms with Crippen molar-refractivity contribution >= 4 is 5.69 Å². The monoisotopic (exact) mass is 289 g/mol. The third-order valence-electron chi connectivity index (χ3n) is 4.58. The smallest absolute Gasteiger partial charge is 0.0562 e. The minimum atomic E-state index is 0.441. The van der Waals surface area contributed by atoms with E-state index in [-0.39, 0.29) is 0 Å². The summed E-state index contributed by atoms with van der Waals surface area (Å²) in [5, 5.41) is 3.44. The van der Waals surface area contributed by atoms with E-state index in [4.69, 9.17) is 0 Å². The Hall–Kier alpha value is -1.09. The molecule has 3 heteroatoms. The van der Waals surface area contributed by atoms with Gasteiger partial charge in [-0.2, -0.15) is 0 Å². The van der Waals surface area contributed by atoms with Crippen molar-refractivity contribution < 1.29 is 0 Å². The summed E-state index contributed by atoms with van der Waals surface area (Å²) in [7, 11) is 0. The first-order valence-corrected chi connectivity index (χ1v) is 8.29. The number of anilines is 1. The molecule has 2 rings (SSSR count). The van der Waals surface area contributed by atoms with Crippen LogP contribution < -0.4 is 10.2 Å². The number of hydrogen-bond acceptors (Lipinski definition) is 3. The summed E-state index contributed by atoms with van der Waals surface area (Å²) in [6.07, 6.45) is 4.54. The lowest BCUT2D eigenvalue weighted by Crippen LogP contribution is -2.38. The van der Waals surface area contributed by atoms with Gasteiger partial charge in [0.05, 0.1) is 5.69 Å². The summed E-state index contributed by atoms with van der Waals surface area (Å²) in [5.74, 6) is 0.845. The van der Waals surface area contributed by atoms with Crippen molar-refractivity contribution in [2.24, 2.45) is 11.3 Å². The molecule has 1 aromatic heterocycles. The highest BCUT2D eigenvalue weighted by Gasteiger charge is 2.28. The first-order chi connectivity index (χ1) is 9.86. The van der Waals surface area contributed by atoms with Crippen LogP contribution in [0, 0.1) is 11.3 Å². The van der Waals surface area contributed by atoms with Gasteiger partial charge in [0, 0.05) is 37.6 Å². The van der Waals surface area contributed by atoms with E-state index in [9.17, 15) is 0 Å². The van der Waals surface area contributed by atoms with Crippen molar-refractivity contribution in [3.63, 3.8) is 0 Å². The Morgan fingerprint density at radius 2 is 1.95 bits per heavy atom. The van der Waals surface area contributed by atoms with Gasteiger partial charge in [-0.25, -0.2) is 0 Å². The Balaban J connectivity index is 1.95. The number of nitrogens with one attached hydrogen (secondary N) is 1. The van der Waals surface area contributed by atoms with Crippen LogP contribution in [0.1, 0.15) is 53.2 Å². The third-order valence-corrected chi connectivity index (χ3v) is 4.58. The Morgan fingerprint density at radius 1 is 1.29 bits per heavy atom. The molecule has 0 atom stereocenters. The summed E-state index contributed by atoms with van der Waals surface area (Å²) in [5.41, 5.74) is 2.91. The van der Waals surface area contributed by atoms with Crippen molar-refractivity contribution in [3.8, 4) is 0 Å². The molecule has 21 heavy (non-hydrogen) atoms. The minimum absolute atomic E-state index is 0.441. The summed E-state index contributed by atoms with van der Waals surface area (Å²) in [6, 6.07) is 4.89. The van der Waals surface area contributed by atoms with Crippen molar-refractivity contribution in [2.45, 2.75) is 60.0 Å². The molecule has 1 aliphatic heterocycles. The van der Waals surface area contributed by atoms with Crippen LogP contribution in [0.15, 0.2) is 18.3 Å². The highest BCUT2D eigenvalue weighted by atomic mass is 15.1. The maximum absolute atomic E-state index is 4.47. The van der Waals surface area contributed by atoms with Gasteiger partial charge in [0.1, 0.15) is 0 Å². The van der Waals surface area contributed by atoms with Crippen LogP contribution in [0.2, 0.25) is 0 Å². The topological polar surface area (TPSA) is 28.2 Å². The van der Waals surface area contributed by atoms with Gasteiger partial charge in [0.2, 0.25) is 0 Å². The van der Waals surface area contributed by atoms with Gasteiger partial charge in [-0.3, -0.25) is 4.98 Å². The molecule has 1 saturated heterocycles. The van der Waals surface area contributed by atoms with Crippen LogP contribution >= 0.6 is 0 Å². The molecule has 2 heterocycles. The molecule has 1 aliphatic rings. The van der Waals surface area contributed by atoms with Gasteiger partial charge in [-0.15, -0.1) is 0 Å². The van der Waals surface area contributed by atoms with Crippen LogP contribution in [-0.2, 0) is 6.54 Å². The Bertz CT molecular complexity index is 440. The fourth-order valence-electron chi connectivity index (χ4n) is 3.07. The summed E-state index contributed by atoms with van der Waals surface area (Å²) >= 11 is 0. The Kier molecular flexibility index (Phi) is 5.26. The van der Waals surface area contributed by atoms with Crippen LogP contribution in [0.5, 0.6) is 0 Å². The predicted octanol–water partition coefficient (Wildman–Crippen LogP) is 3.84. The lowest BCUT2D eigenvalue weighted by Gasteiger charge is -2.39. The predicted molar refractivity (Wildman–Crippen MR) is 90.6 cm³/mol. The van der Waals surface area contributed by atoms with E-state index in [2.05, 4.69) is 62.0 Å². The normalized spacial score (nSPS) is 17.5. The fourth-order valence-corrected chi connectivity index (χ4v) is 3.07. The largest absolute Gasteiger partial charge is 0.371 e. The van der Waals surface area contributed by atoms with Gasteiger partial charge in [0.25, 0.3) is 0 Å². The van der Waals surface area contributed by atoms with E-state index in [1.807, 2.05) is 6.20 Å². The first-order valence-electron chi connectivity index (χ1n) is 8.29. The van der Waals surface area contributed by atoms with Crippen LogP contribution in [0.3, 0.4) is 0 Å². The number of aromatic nitrogens is 1. The average molecular weight is 289 g/mol. The molecule has 1 aromatic rings. The molecule has 1 fully saturated rings. The van der Waals surface area contributed by atoms with Gasteiger partial charge >= 0.3 is 0 Å². The second-order valence-electron chi connectivity index (χ2n) is 7.67. The van der Waals surface area contributed by atoms with Crippen LogP contribution in [0.25, 0.3) is 0 Å². The molecule has 0 saturated carbocycles. The first kappa shape index (κ1) is 16.3. The molecule has 0 aromatic carbocycles.